The van der Waals surface area contributed by atoms with Gasteiger partial charge in [-0.3, -0.25) is 4.79 Å². The van der Waals surface area contributed by atoms with Gasteiger partial charge in [-0.1, -0.05) is 29.8 Å². The number of furan rings is 1. The molecule has 1 amide bonds. The SMILES string of the molecule is Cc1ccc(CNC(=O)CCNCc2ccco2)cc1. The molecule has 2 N–H and O–H groups in total. The average Bonchev–Trinajstić information content (AvgIpc) is 2.96. The highest BCUT2D eigenvalue weighted by Gasteiger charge is 2.01. The summed E-state index contributed by atoms with van der Waals surface area (Å²) in [5, 5.41) is 6.08. The summed E-state index contributed by atoms with van der Waals surface area (Å²) >= 11 is 0. The molecule has 0 saturated heterocycles. The molecule has 0 aliphatic heterocycles. The molecule has 1 heterocycles. The van der Waals surface area contributed by atoms with Crippen LogP contribution < -0.4 is 10.6 Å². The number of aryl methyl sites for hydroxylation is 1. The van der Waals surface area contributed by atoms with Crippen molar-refractivity contribution in [3.05, 3.63) is 59.5 Å². The van der Waals surface area contributed by atoms with Crippen LogP contribution in [0.4, 0.5) is 0 Å². The predicted molar refractivity (Wildman–Crippen MR) is 78.1 cm³/mol. The van der Waals surface area contributed by atoms with Gasteiger partial charge in [0.2, 0.25) is 5.91 Å². The van der Waals surface area contributed by atoms with Gasteiger partial charge >= 0.3 is 0 Å². The minimum absolute atomic E-state index is 0.0533. The Morgan fingerprint density at radius 2 is 1.95 bits per heavy atom. The molecule has 2 aromatic rings. The van der Waals surface area contributed by atoms with E-state index in [0.717, 1.165) is 11.3 Å². The predicted octanol–water partition coefficient (Wildman–Crippen LogP) is 2.38. The first-order chi connectivity index (χ1) is 9.74. The van der Waals surface area contributed by atoms with Gasteiger partial charge < -0.3 is 15.1 Å². The number of hydrogen-bond donors (Lipinski definition) is 2. The summed E-state index contributed by atoms with van der Waals surface area (Å²) in [6.45, 7) is 3.92. The van der Waals surface area contributed by atoms with Gasteiger partial charge in [0.05, 0.1) is 12.8 Å². The molecule has 0 fully saturated rings. The fraction of sp³-hybridized carbons (Fsp3) is 0.312. The molecule has 106 valence electrons. The van der Waals surface area contributed by atoms with Crippen LogP contribution in [-0.2, 0) is 17.9 Å². The molecule has 0 saturated carbocycles. The van der Waals surface area contributed by atoms with E-state index in [1.54, 1.807) is 6.26 Å². The molecule has 0 spiro atoms. The van der Waals surface area contributed by atoms with Crippen molar-refractivity contribution < 1.29 is 9.21 Å². The third-order valence-corrected chi connectivity index (χ3v) is 3.02. The van der Waals surface area contributed by atoms with Crippen molar-refractivity contribution >= 4 is 5.91 Å². The molecule has 0 bridgehead atoms. The van der Waals surface area contributed by atoms with E-state index in [1.165, 1.54) is 5.56 Å². The largest absolute Gasteiger partial charge is 0.468 e. The van der Waals surface area contributed by atoms with Crippen molar-refractivity contribution in [2.24, 2.45) is 0 Å². The van der Waals surface area contributed by atoms with E-state index in [0.29, 0.717) is 26.1 Å². The topological polar surface area (TPSA) is 54.3 Å². The molecular weight excluding hydrogens is 252 g/mol. The quantitative estimate of drug-likeness (QED) is 0.761. The molecule has 0 aliphatic carbocycles. The van der Waals surface area contributed by atoms with Gasteiger partial charge in [0, 0.05) is 19.5 Å². The normalized spacial score (nSPS) is 10.4. The summed E-state index contributed by atoms with van der Waals surface area (Å²) in [6.07, 6.45) is 2.11. The second kappa shape index (κ2) is 7.50. The van der Waals surface area contributed by atoms with E-state index < -0.39 is 0 Å². The molecule has 20 heavy (non-hydrogen) atoms. The van der Waals surface area contributed by atoms with Crippen LogP contribution >= 0.6 is 0 Å². The number of hydrogen-bond acceptors (Lipinski definition) is 3. The molecule has 0 radical (unpaired) electrons. The minimum atomic E-state index is 0.0533. The molecule has 0 aliphatic rings. The van der Waals surface area contributed by atoms with Gasteiger partial charge in [-0.05, 0) is 24.6 Å². The zero-order valence-electron chi connectivity index (χ0n) is 11.7. The van der Waals surface area contributed by atoms with Crippen molar-refractivity contribution in [1.29, 1.82) is 0 Å². The Kier molecular flexibility index (Phi) is 5.38. The third-order valence-electron chi connectivity index (χ3n) is 3.02. The van der Waals surface area contributed by atoms with Crippen molar-refractivity contribution in [3.63, 3.8) is 0 Å². The molecule has 4 nitrogen and oxygen atoms in total. The van der Waals surface area contributed by atoms with Gasteiger partial charge in [-0.2, -0.15) is 0 Å². The van der Waals surface area contributed by atoms with Gasteiger partial charge in [0.15, 0.2) is 0 Å². The maximum absolute atomic E-state index is 11.7. The van der Waals surface area contributed by atoms with E-state index in [4.69, 9.17) is 4.42 Å². The highest BCUT2D eigenvalue weighted by atomic mass is 16.3. The molecule has 0 atom stereocenters. The Balaban J connectivity index is 1.59. The van der Waals surface area contributed by atoms with Crippen LogP contribution in [0.15, 0.2) is 47.1 Å². The fourth-order valence-corrected chi connectivity index (χ4v) is 1.82. The Bertz CT molecular complexity index is 518. The van der Waals surface area contributed by atoms with Crippen molar-refractivity contribution in [2.75, 3.05) is 6.54 Å². The van der Waals surface area contributed by atoms with Crippen LogP contribution in [0.2, 0.25) is 0 Å². The summed E-state index contributed by atoms with van der Waals surface area (Å²) in [5.41, 5.74) is 2.34. The maximum atomic E-state index is 11.7. The lowest BCUT2D eigenvalue weighted by Crippen LogP contribution is -2.27. The van der Waals surface area contributed by atoms with Crippen LogP contribution in [0.3, 0.4) is 0 Å². The van der Waals surface area contributed by atoms with E-state index >= 15 is 0 Å². The maximum Gasteiger partial charge on any atom is 0.221 e. The van der Waals surface area contributed by atoms with Crippen molar-refractivity contribution in [1.82, 2.24) is 10.6 Å². The molecule has 1 aromatic heterocycles. The average molecular weight is 272 g/mol. The highest BCUT2D eigenvalue weighted by molar-refractivity contribution is 5.76. The van der Waals surface area contributed by atoms with Gasteiger partial charge in [-0.25, -0.2) is 0 Å². The van der Waals surface area contributed by atoms with Gasteiger partial charge in [-0.15, -0.1) is 0 Å². The van der Waals surface area contributed by atoms with E-state index in [1.807, 2.05) is 43.3 Å². The lowest BCUT2D eigenvalue weighted by Gasteiger charge is -2.06. The lowest BCUT2D eigenvalue weighted by molar-refractivity contribution is -0.121. The minimum Gasteiger partial charge on any atom is -0.468 e. The Morgan fingerprint density at radius 1 is 1.15 bits per heavy atom. The zero-order chi connectivity index (χ0) is 14.2. The second-order valence-corrected chi connectivity index (χ2v) is 4.77. The molecule has 2 rings (SSSR count). The van der Waals surface area contributed by atoms with Crippen molar-refractivity contribution in [2.45, 2.75) is 26.4 Å². The second-order valence-electron chi connectivity index (χ2n) is 4.77. The third kappa shape index (κ3) is 4.90. The fourth-order valence-electron chi connectivity index (χ4n) is 1.82. The zero-order valence-corrected chi connectivity index (χ0v) is 11.7. The summed E-state index contributed by atoms with van der Waals surface area (Å²) in [4.78, 5) is 11.7. The molecular formula is C16H20N2O2. The number of carbonyl (C=O) groups excluding carboxylic acids is 1. The Labute approximate surface area is 119 Å². The number of amides is 1. The Hall–Kier alpha value is -2.07. The van der Waals surface area contributed by atoms with Crippen LogP contribution in [-0.4, -0.2) is 12.5 Å². The first-order valence-electron chi connectivity index (χ1n) is 6.79. The number of nitrogens with one attached hydrogen (secondary N) is 2. The summed E-state index contributed by atoms with van der Waals surface area (Å²) < 4.78 is 5.19. The van der Waals surface area contributed by atoms with Crippen LogP contribution in [0.25, 0.3) is 0 Å². The van der Waals surface area contributed by atoms with E-state index in [9.17, 15) is 4.79 Å². The lowest BCUT2D eigenvalue weighted by atomic mass is 10.1. The molecule has 0 unspecified atom stereocenters. The van der Waals surface area contributed by atoms with Crippen molar-refractivity contribution in [3.8, 4) is 0 Å². The molecule has 1 aromatic carbocycles. The smallest absolute Gasteiger partial charge is 0.221 e. The van der Waals surface area contributed by atoms with E-state index in [-0.39, 0.29) is 5.91 Å². The number of benzene rings is 1. The Morgan fingerprint density at radius 3 is 2.65 bits per heavy atom. The number of carbonyl (C=O) groups is 1. The van der Waals surface area contributed by atoms with E-state index in [2.05, 4.69) is 10.6 Å². The summed E-state index contributed by atoms with van der Waals surface area (Å²) in [5.74, 6) is 0.933. The van der Waals surface area contributed by atoms with Crippen LogP contribution in [0.5, 0.6) is 0 Å². The first kappa shape index (κ1) is 14.3. The standard InChI is InChI=1S/C16H20N2O2/c1-13-4-6-14(7-5-13)11-18-16(19)8-9-17-12-15-3-2-10-20-15/h2-7,10,17H,8-9,11-12H2,1H3,(H,18,19). The van der Waals surface area contributed by atoms with Crippen LogP contribution in [0.1, 0.15) is 23.3 Å². The number of rotatable bonds is 7. The van der Waals surface area contributed by atoms with Crippen LogP contribution in [0, 0.1) is 6.92 Å². The molecule has 4 heteroatoms. The van der Waals surface area contributed by atoms with Gasteiger partial charge in [0.1, 0.15) is 5.76 Å². The monoisotopic (exact) mass is 272 g/mol. The van der Waals surface area contributed by atoms with Gasteiger partial charge in [0.25, 0.3) is 0 Å². The first-order valence-corrected chi connectivity index (χ1v) is 6.79. The highest BCUT2D eigenvalue weighted by Crippen LogP contribution is 2.02. The summed E-state index contributed by atoms with van der Waals surface area (Å²) in [6, 6.07) is 11.9. The summed E-state index contributed by atoms with van der Waals surface area (Å²) in [7, 11) is 0.